The number of amides is 1. The van der Waals surface area contributed by atoms with Gasteiger partial charge in [-0.3, -0.25) is 9.69 Å². The van der Waals surface area contributed by atoms with Gasteiger partial charge in [0.1, 0.15) is 0 Å². The van der Waals surface area contributed by atoms with E-state index in [4.69, 9.17) is 0 Å². The maximum atomic E-state index is 13.0. The Morgan fingerprint density at radius 2 is 1.88 bits per heavy atom. The SMILES string of the molecule is CC(=O)N1CCc2cc(S(=O)(=O)N3CCC(N4CCCC4)C3)ccc21. The number of benzene rings is 1. The van der Waals surface area contributed by atoms with Crippen LogP contribution in [0.15, 0.2) is 23.1 Å². The molecular formula is C18H25N3O3S. The highest BCUT2D eigenvalue weighted by Gasteiger charge is 2.36. The molecule has 136 valence electrons. The molecule has 3 aliphatic rings. The standard InChI is InChI=1S/C18H25N3O3S/c1-14(22)21-11-6-15-12-17(4-5-18(15)21)25(23,24)20-10-7-16(13-20)19-8-2-3-9-19/h4-5,12,16H,2-3,6-11,13H2,1H3. The average molecular weight is 363 g/mol. The van der Waals surface area contributed by atoms with Crippen LogP contribution in [-0.4, -0.2) is 62.3 Å². The van der Waals surface area contributed by atoms with E-state index < -0.39 is 10.0 Å². The number of sulfonamides is 1. The highest BCUT2D eigenvalue weighted by Crippen LogP contribution is 2.32. The van der Waals surface area contributed by atoms with Gasteiger partial charge in [-0.05, 0) is 62.5 Å². The molecule has 0 aromatic heterocycles. The van der Waals surface area contributed by atoms with Crippen molar-refractivity contribution in [1.29, 1.82) is 0 Å². The first-order valence-electron chi connectivity index (χ1n) is 9.12. The quantitative estimate of drug-likeness (QED) is 0.816. The predicted octanol–water partition coefficient (Wildman–Crippen LogP) is 1.45. The summed E-state index contributed by atoms with van der Waals surface area (Å²) in [7, 11) is -3.46. The first-order valence-corrected chi connectivity index (χ1v) is 10.6. The molecule has 4 rings (SSSR count). The van der Waals surface area contributed by atoms with Gasteiger partial charge in [0.25, 0.3) is 0 Å². The van der Waals surface area contributed by atoms with Gasteiger partial charge in [0.2, 0.25) is 15.9 Å². The van der Waals surface area contributed by atoms with E-state index in [9.17, 15) is 13.2 Å². The molecule has 1 atom stereocenters. The third-order valence-electron chi connectivity index (χ3n) is 5.75. The van der Waals surface area contributed by atoms with E-state index >= 15 is 0 Å². The Hall–Kier alpha value is -1.44. The number of nitrogens with zero attached hydrogens (tertiary/aromatic N) is 3. The number of anilines is 1. The van der Waals surface area contributed by atoms with Crippen LogP contribution in [0.2, 0.25) is 0 Å². The molecule has 0 radical (unpaired) electrons. The first kappa shape index (κ1) is 17.0. The maximum absolute atomic E-state index is 13.0. The Morgan fingerprint density at radius 1 is 1.12 bits per heavy atom. The van der Waals surface area contributed by atoms with Crippen LogP contribution < -0.4 is 4.90 Å². The summed E-state index contributed by atoms with van der Waals surface area (Å²) in [4.78, 5) is 16.2. The van der Waals surface area contributed by atoms with Crippen LogP contribution in [0.25, 0.3) is 0 Å². The van der Waals surface area contributed by atoms with Crippen molar-refractivity contribution in [2.75, 3.05) is 37.6 Å². The summed E-state index contributed by atoms with van der Waals surface area (Å²) in [6.07, 6.45) is 4.08. The third kappa shape index (κ3) is 2.98. The lowest BCUT2D eigenvalue weighted by Crippen LogP contribution is -2.37. The van der Waals surface area contributed by atoms with Crippen molar-refractivity contribution >= 4 is 21.6 Å². The summed E-state index contributed by atoms with van der Waals surface area (Å²) in [5.74, 6) is 0.00218. The first-order chi connectivity index (χ1) is 12.0. The number of rotatable bonds is 3. The summed E-state index contributed by atoms with van der Waals surface area (Å²) in [6, 6.07) is 5.56. The Bertz CT molecular complexity index is 787. The van der Waals surface area contributed by atoms with Gasteiger partial charge in [-0.1, -0.05) is 0 Å². The van der Waals surface area contributed by atoms with E-state index in [0.717, 1.165) is 30.8 Å². The Morgan fingerprint density at radius 3 is 2.60 bits per heavy atom. The van der Waals surface area contributed by atoms with Gasteiger partial charge in [-0.25, -0.2) is 8.42 Å². The van der Waals surface area contributed by atoms with Crippen LogP contribution in [0.5, 0.6) is 0 Å². The molecule has 0 aliphatic carbocycles. The lowest BCUT2D eigenvalue weighted by Gasteiger charge is -2.23. The molecule has 1 aromatic rings. The maximum Gasteiger partial charge on any atom is 0.243 e. The highest BCUT2D eigenvalue weighted by molar-refractivity contribution is 7.89. The summed E-state index contributed by atoms with van der Waals surface area (Å²) < 4.78 is 27.7. The molecule has 1 aromatic carbocycles. The van der Waals surface area contributed by atoms with Crippen LogP contribution in [0.4, 0.5) is 5.69 Å². The lowest BCUT2D eigenvalue weighted by atomic mass is 10.2. The van der Waals surface area contributed by atoms with Gasteiger partial charge in [-0.15, -0.1) is 0 Å². The lowest BCUT2D eigenvalue weighted by molar-refractivity contribution is -0.116. The smallest absolute Gasteiger partial charge is 0.243 e. The van der Waals surface area contributed by atoms with Gasteiger partial charge < -0.3 is 4.90 Å². The molecule has 6 nitrogen and oxygen atoms in total. The molecular weight excluding hydrogens is 338 g/mol. The monoisotopic (exact) mass is 363 g/mol. The number of fused-ring (bicyclic) bond motifs is 1. The topological polar surface area (TPSA) is 60.9 Å². The van der Waals surface area contributed by atoms with E-state index in [1.807, 2.05) is 0 Å². The fraction of sp³-hybridized carbons (Fsp3) is 0.611. The molecule has 3 heterocycles. The number of likely N-dealkylation sites (tertiary alicyclic amines) is 1. The van der Waals surface area contributed by atoms with E-state index in [0.29, 0.717) is 37.0 Å². The third-order valence-corrected chi connectivity index (χ3v) is 7.61. The predicted molar refractivity (Wildman–Crippen MR) is 96.1 cm³/mol. The average Bonchev–Trinajstić information content (AvgIpc) is 3.32. The highest BCUT2D eigenvalue weighted by atomic mass is 32.2. The number of carbonyl (C=O) groups excluding carboxylic acids is 1. The fourth-order valence-corrected chi connectivity index (χ4v) is 5.89. The number of hydrogen-bond donors (Lipinski definition) is 0. The minimum atomic E-state index is -3.46. The molecule has 2 saturated heterocycles. The van der Waals surface area contributed by atoms with Crippen LogP contribution in [0.3, 0.4) is 0 Å². The van der Waals surface area contributed by atoms with Crippen LogP contribution in [-0.2, 0) is 21.2 Å². The number of hydrogen-bond acceptors (Lipinski definition) is 4. The molecule has 2 fully saturated rings. The molecule has 0 N–H and O–H groups in total. The minimum Gasteiger partial charge on any atom is -0.312 e. The van der Waals surface area contributed by atoms with Gasteiger partial charge in [0, 0.05) is 38.3 Å². The second-order valence-electron chi connectivity index (χ2n) is 7.26. The zero-order valence-corrected chi connectivity index (χ0v) is 15.5. The molecule has 0 spiro atoms. The Labute approximate surface area is 149 Å². The molecule has 1 amide bonds. The summed E-state index contributed by atoms with van der Waals surface area (Å²) in [5.41, 5.74) is 1.80. The summed E-state index contributed by atoms with van der Waals surface area (Å²) in [6.45, 7) is 5.56. The van der Waals surface area contributed by atoms with Gasteiger partial charge in [0.05, 0.1) is 4.90 Å². The van der Waals surface area contributed by atoms with Crippen molar-refractivity contribution in [3.8, 4) is 0 Å². The number of carbonyl (C=O) groups is 1. The van der Waals surface area contributed by atoms with Gasteiger partial charge >= 0.3 is 0 Å². The summed E-state index contributed by atoms with van der Waals surface area (Å²) in [5, 5.41) is 0. The van der Waals surface area contributed by atoms with Crippen molar-refractivity contribution in [3.05, 3.63) is 23.8 Å². The fourth-order valence-electron chi connectivity index (χ4n) is 4.35. The van der Waals surface area contributed by atoms with Crippen LogP contribution in [0.1, 0.15) is 31.7 Å². The van der Waals surface area contributed by atoms with Gasteiger partial charge in [-0.2, -0.15) is 4.31 Å². The van der Waals surface area contributed by atoms with Crippen molar-refractivity contribution in [1.82, 2.24) is 9.21 Å². The van der Waals surface area contributed by atoms with E-state index in [-0.39, 0.29) is 5.91 Å². The molecule has 25 heavy (non-hydrogen) atoms. The largest absolute Gasteiger partial charge is 0.312 e. The second-order valence-corrected chi connectivity index (χ2v) is 9.20. The van der Waals surface area contributed by atoms with Crippen molar-refractivity contribution < 1.29 is 13.2 Å². The zero-order chi connectivity index (χ0) is 17.6. The van der Waals surface area contributed by atoms with Crippen molar-refractivity contribution in [3.63, 3.8) is 0 Å². The van der Waals surface area contributed by atoms with Crippen LogP contribution >= 0.6 is 0 Å². The summed E-state index contributed by atoms with van der Waals surface area (Å²) >= 11 is 0. The van der Waals surface area contributed by atoms with E-state index in [2.05, 4.69) is 4.90 Å². The van der Waals surface area contributed by atoms with Crippen molar-refractivity contribution in [2.24, 2.45) is 0 Å². The molecule has 7 heteroatoms. The minimum absolute atomic E-state index is 0.00218. The molecule has 3 aliphatic heterocycles. The zero-order valence-electron chi connectivity index (χ0n) is 14.6. The normalized spacial score (nSPS) is 24.8. The second kappa shape index (κ2) is 6.37. The van der Waals surface area contributed by atoms with Crippen molar-refractivity contribution in [2.45, 2.75) is 43.5 Å². The van der Waals surface area contributed by atoms with Gasteiger partial charge in [0.15, 0.2) is 0 Å². The Kier molecular flexibility index (Phi) is 4.33. The molecule has 0 saturated carbocycles. The van der Waals surface area contributed by atoms with E-state index in [1.54, 1.807) is 34.3 Å². The molecule has 0 bridgehead atoms. The Balaban J connectivity index is 1.54. The van der Waals surface area contributed by atoms with E-state index in [1.165, 1.54) is 12.8 Å². The van der Waals surface area contributed by atoms with Crippen LogP contribution in [0, 0.1) is 0 Å². The molecule has 1 unspecified atom stereocenters.